The maximum Gasteiger partial charge on any atom is 0.414 e. The number of benzene rings is 2. The monoisotopic (exact) mass is 459 g/mol. The van der Waals surface area contributed by atoms with Gasteiger partial charge in [0.05, 0.1) is 12.8 Å². The second-order valence-corrected chi connectivity index (χ2v) is 8.23. The number of urea groups is 1. The average Bonchev–Trinajstić information content (AvgIpc) is 3.19. The molecule has 1 saturated heterocycles. The second-order valence-electron chi connectivity index (χ2n) is 8.23. The summed E-state index contributed by atoms with van der Waals surface area (Å²) in [6.07, 6.45) is 1.65. The Morgan fingerprint density at radius 2 is 1.85 bits per heavy atom. The minimum atomic E-state index is -0.705. The number of amidine groups is 1. The normalized spacial score (nSPS) is 17.9. The van der Waals surface area contributed by atoms with Gasteiger partial charge in [-0.25, -0.2) is 9.37 Å². The maximum atomic E-state index is 12.8. The highest BCUT2D eigenvalue weighted by Gasteiger charge is 2.51. The van der Waals surface area contributed by atoms with Crippen molar-refractivity contribution in [2.24, 2.45) is 10.1 Å². The number of fused-ring (bicyclic) bond motifs is 1. The van der Waals surface area contributed by atoms with E-state index in [1.807, 2.05) is 61.5 Å². The second kappa shape index (κ2) is 9.70. The number of ether oxygens (including phenoxy) is 1. The van der Waals surface area contributed by atoms with Crippen LogP contribution in [-0.2, 0) is 11.4 Å². The van der Waals surface area contributed by atoms with Crippen molar-refractivity contribution in [1.82, 2.24) is 15.2 Å². The molecule has 1 fully saturated rings. The first-order valence-electron chi connectivity index (χ1n) is 10.8. The fourth-order valence-electron chi connectivity index (χ4n) is 3.70. The number of aliphatic imine (C=N–C) groups is 1. The maximum absolute atomic E-state index is 12.8. The van der Waals surface area contributed by atoms with Crippen molar-refractivity contribution in [3.8, 4) is 5.75 Å². The van der Waals surface area contributed by atoms with Crippen LogP contribution in [0.2, 0.25) is 0 Å². The van der Waals surface area contributed by atoms with Crippen LogP contribution in [-0.4, -0.2) is 71.0 Å². The number of nitrogens with one attached hydrogen (secondary N) is 1. The zero-order valence-corrected chi connectivity index (χ0v) is 19.4. The Hall–Kier alpha value is -4.27. The molecule has 174 valence electrons. The Morgan fingerprint density at radius 3 is 2.53 bits per heavy atom. The smallest absolute Gasteiger partial charge is 0.414 e. The Kier molecular flexibility index (Phi) is 6.53. The van der Waals surface area contributed by atoms with Crippen LogP contribution in [0.4, 0.5) is 4.79 Å². The van der Waals surface area contributed by atoms with Crippen LogP contribution in [0.15, 0.2) is 76.8 Å². The summed E-state index contributed by atoms with van der Waals surface area (Å²) in [7, 11) is 3.07. The van der Waals surface area contributed by atoms with Gasteiger partial charge in [-0.15, -0.1) is 5.10 Å². The van der Waals surface area contributed by atoms with E-state index in [-0.39, 0.29) is 5.91 Å². The zero-order valence-electron chi connectivity index (χ0n) is 19.4. The van der Waals surface area contributed by atoms with Crippen molar-refractivity contribution in [2.75, 3.05) is 20.6 Å². The lowest BCUT2D eigenvalue weighted by molar-refractivity contribution is -0.529. The Morgan fingerprint density at radius 1 is 1.15 bits per heavy atom. The van der Waals surface area contributed by atoms with E-state index in [1.54, 1.807) is 17.8 Å². The summed E-state index contributed by atoms with van der Waals surface area (Å²) in [4.78, 5) is 32.1. The van der Waals surface area contributed by atoms with Crippen molar-refractivity contribution in [1.29, 1.82) is 0 Å². The molecule has 2 heterocycles. The number of imide groups is 1. The van der Waals surface area contributed by atoms with Crippen LogP contribution < -0.4 is 10.2 Å². The number of rotatable bonds is 7. The molecule has 1 N–H and O–H groups in total. The first-order chi connectivity index (χ1) is 16.3. The number of hydrazone groups is 1. The summed E-state index contributed by atoms with van der Waals surface area (Å²) in [6.45, 7) is 6.71. The van der Waals surface area contributed by atoms with Gasteiger partial charge in [0.2, 0.25) is 11.9 Å². The van der Waals surface area contributed by atoms with Crippen molar-refractivity contribution < 1.29 is 18.9 Å². The predicted octanol–water partition coefficient (Wildman–Crippen LogP) is 2.44. The third kappa shape index (κ3) is 4.73. The van der Waals surface area contributed by atoms with Crippen LogP contribution in [0.3, 0.4) is 0 Å². The number of guanidine groups is 1. The fourth-order valence-corrected chi connectivity index (χ4v) is 3.70. The molecule has 0 aliphatic carbocycles. The molecule has 0 aromatic heterocycles. The standard InChI is InChI=1S/C25H26N6O3/c1-17(2)15-31-21-22(29(3)25(33)30(4)23(21)32)27-24(31)28-26-14-18-10-12-20(13-11-18)34-16-19-8-6-5-7-9-19/h5-14,21H,1,15-16H2,2-4H3/p+1/b26-14+. The van der Waals surface area contributed by atoms with Crippen molar-refractivity contribution in [3.05, 3.63) is 77.9 Å². The van der Waals surface area contributed by atoms with Gasteiger partial charge in [-0.3, -0.25) is 14.6 Å². The zero-order chi connectivity index (χ0) is 24.2. The van der Waals surface area contributed by atoms with Crippen LogP contribution in [0.1, 0.15) is 18.1 Å². The number of hydrogen-bond acceptors (Lipinski definition) is 6. The van der Waals surface area contributed by atoms with Crippen LogP contribution in [0, 0.1) is 0 Å². The largest absolute Gasteiger partial charge is 0.489 e. The molecule has 9 heteroatoms. The summed E-state index contributed by atoms with van der Waals surface area (Å²) in [5.41, 5.74) is 5.73. The van der Waals surface area contributed by atoms with E-state index in [4.69, 9.17) is 4.74 Å². The molecule has 9 nitrogen and oxygen atoms in total. The van der Waals surface area contributed by atoms with E-state index in [1.165, 1.54) is 11.9 Å². The molecule has 2 aromatic rings. The van der Waals surface area contributed by atoms with Gasteiger partial charge in [0.15, 0.2) is 0 Å². The van der Waals surface area contributed by atoms with Gasteiger partial charge >= 0.3 is 12.0 Å². The SMILES string of the molecule is C=C(C)C[N+]1=C(N/N=C/c2ccc(OCc3ccccc3)cc2)N=C2C1C(=O)N(C)C(=O)N2C. The van der Waals surface area contributed by atoms with Crippen LogP contribution in [0.25, 0.3) is 0 Å². The molecule has 0 radical (unpaired) electrons. The van der Waals surface area contributed by atoms with Gasteiger partial charge in [0.25, 0.3) is 5.91 Å². The van der Waals surface area contributed by atoms with Crippen molar-refractivity contribution in [2.45, 2.75) is 19.6 Å². The van der Waals surface area contributed by atoms with E-state index in [0.717, 1.165) is 27.3 Å². The number of nitrogens with zero attached hydrogens (tertiary/aromatic N) is 5. The quantitative estimate of drug-likeness (QED) is 0.298. The van der Waals surface area contributed by atoms with Gasteiger partial charge in [-0.1, -0.05) is 41.9 Å². The Labute approximate surface area is 198 Å². The minimum absolute atomic E-state index is 0.338. The summed E-state index contributed by atoms with van der Waals surface area (Å²) in [5.74, 6) is 1.17. The predicted molar refractivity (Wildman–Crippen MR) is 130 cm³/mol. The van der Waals surface area contributed by atoms with E-state index < -0.39 is 12.1 Å². The molecule has 0 spiro atoms. The molecule has 2 aromatic carbocycles. The molecule has 2 aliphatic heterocycles. The number of carbonyl (C=O) groups excluding carboxylic acids is 2. The topological polar surface area (TPSA) is 89.6 Å². The van der Waals surface area contributed by atoms with Crippen molar-refractivity contribution >= 4 is 29.9 Å². The van der Waals surface area contributed by atoms with Crippen molar-refractivity contribution in [3.63, 3.8) is 0 Å². The minimum Gasteiger partial charge on any atom is -0.489 e. The lowest BCUT2D eigenvalue weighted by Crippen LogP contribution is -2.61. The summed E-state index contributed by atoms with van der Waals surface area (Å²) in [6, 6.07) is 16.4. The van der Waals surface area contributed by atoms with Gasteiger partial charge in [-0.05, 0) is 47.9 Å². The Bertz CT molecular complexity index is 1200. The van der Waals surface area contributed by atoms with Gasteiger partial charge in [-0.2, -0.15) is 5.43 Å². The third-order valence-electron chi connectivity index (χ3n) is 5.48. The first kappa shape index (κ1) is 22.9. The molecule has 1 unspecified atom stereocenters. The fraction of sp³-hybridized carbons (Fsp3) is 0.240. The molecular formula is C25H27N6O3+. The number of hydrogen-bond donors (Lipinski definition) is 1. The van der Waals surface area contributed by atoms with E-state index in [0.29, 0.717) is 24.9 Å². The first-order valence-corrected chi connectivity index (χ1v) is 10.8. The number of carbonyl (C=O) groups is 2. The lowest BCUT2D eigenvalue weighted by atomic mass is 10.1. The van der Waals surface area contributed by atoms with Gasteiger partial charge in [0.1, 0.15) is 12.4 Å². The van der Waals surface area contributed by atoms with E-state index >= 15 is 0 Å². The highest BCUT2D eigenvalue weighted by Crippen LogP contribution is 2.19. The lowest BCUT2D eigenvalue weighted by Gasteiger charge is -2.31. The van der Waals surface area contributed by atoms with Gasteiger partial charge < -0.3 is 4.74 Å². The molecule has 3 amide bonds. The third-order valence-corrected chi connectivity index (χ3v) is 5.48. The molecule has 0 bridgehead atoms. The van der Waals surface area contributed by atoms with E-state index in [2.05, 4.69) is 22.1 Å². The molecule has 0 saturated carbocycles. The molecular weight excluding hydrogens is 432 g/mol. The van der Waals surface area contributed by atoms with E-state index in [9.17, 15) is 9.59 Å². The van der Waals surface area contributed by atoms with Gasteiger partial charge in [0, 0.05) is 14.1 Å². The number of amides is 3. The van der Waals surface area contributed by atoms with Crippen LogP contribution >= 0.6 is 0 Å². The summed E-state index contributed by atoms with van der Waals surface area (Å²) in [5, 5.41) is 4.29. The molecule has 4 rings (SSSR count). The molecule has 1 atom stereocenters. The summed E-state index contributed by atoms with van der Waals surface area (Å²) >= 11 is 0. The number of likely N-dealkylation sites (N-methyl/N-ethyl adjacent to an activating group) is 2. The summed E-state index contributed by atoms with van der Waals surface area (Å²) < 4.78 is 7.57. The average molecular weight is 460 g/mol. The van der Waals surface area contributed by atoms with Crippen LogP contribution in [0.5, 0.6) is 5.75 Å². The molecule has 34 heavy (non-hydrogen) atoms. The molecule has 2 aliphatic rings. The Balaban J connectivity index is 1.46. The highest BCUT2D eigenvalue weighted by molar-refractivity contribution is 6.22. The highest BCUT2D eigenvalue weighted by atomic mass is 16.5.